The highest BCUT2D eigenvalue weighted by atomic mass is 32.2. The number of carbonyl (C=O) groups is 1. The molecule has 0 spiro atoms. The highest BCUT2D eigenvalue weighted by Gasteiger charge is 2.27. The minimum atomic E-state index is -3.66. The Balaban J connectivity index is 1.71. The van der Waals surface area contributed by atoms with E-state index in [9.17, 15) is 13.2 Å². The zero-order valence-electron chi connectivity index (χ0n) is 17.8. The van der Waals surface area contributed by atoms with Gasteiger partial charge in [0.15, 0.2) is 0 Å². The van der Waals surface area contributed by atoms with E-state index in [1.165, 1.54) is 16.4 Å². The number of sulfonamides is 1. The Morgan fingerprint density at radius 3 is 2.52 bits per heavy atom. The lowest BCUT2D eigenvalue weighted by atomic mass is 10.2. The maximum absolute atomic E-state index is 13.0. The van der Waals surface area contributed by atoms with E-state index in [-0.39, 0.29) is 23.5 Å². The number of anilines is 1. The fraction of sp³-hybridized carbons (Fsp3) is 0.409. The average Bonchev–Trinajstić information content (AvgIpc) is 2.78. The van der Waals surface area contributed by atoms with Crippen molar-refractivity contribution in [1.82, 2.24) is 9.62 Å². The Morgan fingerprint density at radius 2 is 1.84 bits per heavy atom. The summed E-state index contributed by atoms with van der Waals surface area (Å²) in [5.74, 6) is 0.285. The lowest BCUT2D eigenvalue weighted by molar-refractivity contribution is -0.119. The molecule has 0 radical (unpaired) electrons. The average molecular weight is 448 g/mol. The van der Waals surface area contributed by atoms with Crippen molar-refractivity contribution in [3.8, 4) is 5.75 Å². The Bertz CT molecular complexity index is 974. The summed E-state index contributed by atoms with van der Waals surface area (Å²) in [6.45, 7) is 5.56. The highest BCUT2D eigenvalue weighted by molar-refractivity contribution is 7.89. The summed E-state index contributed by atoms with van der Waals surface area (Å²) >= 11 is 0. The van der Waals surface area contributed by atoms with Gasteiger partial charge in [-0.3, -0.25) is 4.79 Å². The number of nitrogens with one attached hydrogen (secondary N) is 2. The second kappa shape index (κ2) is 10.6. The van der Waals surface area contributed by atoms with Crippen LogP contribution in [-0.2, 0) is 26.1 Å². The number of morpholine rings is 1. The summed E-state index contributed by atoms with van der Waals surface area (Å²) in [5, 5.41) is 5.87. The molecule has 2 aromatic rings. The number of amides is 1. The molecule has 0 unspecified atom stereocenters. The van der Waals surface area contributed by atoms with E-state index in [0.717, 1.165) is 5.56 Å². The van der Waals surface area contributed by atoms with Gasteiger partial charge in [-0.1, -0.05) is 30.3 Å². The van der Waals surface area contributed by atoms with Crippen LogP contribution < -0.4 is 15.4 Å². The number of rotatable bonds is 9. The van der Waals surface area contributed by atoms with Crippen molar-refractivity contribution in [1.29, 1.82) is 0 Å². The first-order valence-corrected chi connectivity index (χ1v) is 11.7. The lowest BCUT2D eigenvalue weighted by Crippen LogP contribution is -2.40. The van der Waals surface area contributed by atoms with Crippen LogP contribution in [0.25, 0.3) is 0 Å². The summed E-state index contributed by atoms with van der Waals surface area (Å²) in [5.41, 5.74) is 1.45. The standard InChI is InChI=1S/C22H29N3O5S/c1-17(2)30-21-9-8-19(31(27,28)25-10-12-29-13-11-25)14-20(21)23-16-22(26)24-15-18-6-4-3-5-7-18/h3-9,14,17,23H,10-13,15-16H2,1-2H3,(H,24,26). The molecule has 1 aliphatic heterocycles. The first-order chi connectivity index (χ1) is 14.9. The number of ether oxygens (including phenoxy) is 2. The van der Waals surface area contributed by atoms with Crippen molar-refractivity contribution < 1.29 is 22.7 Å². The van der Waals surface area contributed by atoms with Crippen LogP contribution in [-0.4, -0.2) is 57.6 Å². The van der Waals surface area contributed by atoms with Gasteiger partial charge in [-0.05, 0) is 37.6 Å². The fourth-order valence-electron chi connectivity index (χ4n) is 3.13. The third-order valence-electron chi connectivity index (χ3n) is 4.69. The van der Waals surface area contributed by atoms with E-state index in [2.05, 4.69) is 10.6 Å². The van der Waals surface area contributed by atoms with Crippen molar-refractivity contribution in [2.75, 3.05) is 38.2 Å². The van der Waals surface area contributed by atoms with Crippen molar-refractivity contribution in [3.05, 3.63) is 54.1 Å². The molecule has 0 aliphatic carbocycles. The van der Waals surface area contributed by atoms with Gasteiger partial charge in [-0.25, -0.2) is 8.42 Å². The van der Waals surface area contributed by atoms with Crippen LogP contribution in [0.1, 0.15) is 19.4 Å². The van der Waals surface area contributed by atoms with Crippen molar-refractivity contribution in [3.63, 3.8) is 0 Å². The first-order valence-electron chi connectivity index (χ1n) is 10.3. The molecule has 0 saturated carbocycles. The van der Waals surface area contributed by atoms with E-state index < -0.39 is 10.0 Å². The highest BCUT2D eigenvalue weighted by Crippen LogP contribution is 2.30. The molecular weight excluding hydrogens is 418 g/mol. The Morgan fingerprint density at radius 1 is 1.13 bits per heavy atom. The molecule has 1 heterocycles. The maximum Gasteiger partial charge on any atom is 0.243 e. The lowest BCUT2D eigenvalue weighted by Gasteiger charge is -2.26. The van der Waals surface area contributed by atoms with Gasteiger partial charge in [0.2, 0.25) is 15.9 Å². The van der Waals surface area contributed by atoms with Crippen LogP contribution in [0, 0.1) is 0 Å². The summed E-state index contributed by atoms with van der Waals surface area (Å²) in [4.78, 5) is 12.4. The number of hydrogen-bond donors (Lipinski definition) is 2. The molecule has 168 valence electrons. The normalized spacial score (nSPS) is 14.9. The zero-order chi connectivity index (χ0) is 22.3. The zero-order valence-corrected chi connectivity index (χ0v) is 18.7. The fourth-order valence-corrected chi connectivity index (χ4v) is 4.57. The van der Waals surface area contributed by atoms with Gasteiger partial charge >= 0.3 is 0 Å². The molecule has 1 fully saturated rings. The Hall–Kier alpha value is -2.62. The summed E-state index contributed by atoms with van der Waals surface area (Å²) in [6, 6.07) is 14.3. The second-order valence-electron chi connectivity index (χ2n) is 7.46. The van der Waals surface area contributed by atoms with Crippen molar-refractivity contribution in [2.45, 2.75) is 31.4 Å². The van der Waals surface area contributed by atoms with Gasteiger partial charge in [-0.15, -0.1) is 0 Å². The van der Waals surface area contributed by atoms with Gasteiger partial charge in [0.05, 0.1) is 36.4 Å². The third-order valence-corrected chi connectivity index (χ3v) is 6.59. The molecule has 1 amide bonds. The number of hydrogen-bond acceptors (Lipinski definition) is 6. The SMILES string of the molecule is CC(C)Oc1ccc(S(=O)(=O)N2CCOCC2)cc1NCC(=O)NCc1ccccc1. The summed E-state index contributed by atoms with van der Waals surface area (Å²) < 4.78 is 38.4. The molecule has 9 heteroatoms. The predicted molar refractivity (Wildman–Crippen MR) is 119 cm³/mol. The van der Waals surface area contributed by atoms with Crippen LogP contribution in [0.3, 0.4) is 0 Å². The van der Waals surface area contributed by atoms with Crippen molar-refractivity contribution in [2.24, 2.45) is 0 Å². The van der Waals surface area contributed by atoms with E-state index >= 15 is 0 Å². The van der Waals surface area contributed by atoms with Gasteiger partial charge in [0.1, 0.15) is 5.75 Å². The quantitative estimate of drug-likeness (QED) is 0.612. The van der Waals surface area contributed by atoms with Gasteiger partial charge in [0, 0.05) is 19.6 Å². The first kappa shape index (κ1) is 23.1. The van der Waals surface area contributed by atoms with E-state index in [1.54, 1.807) is 6.07 Å². The van der Waals surface area contributed by atoms with E-state index in [1.807, 2.05) is 44.2 Å². The molecule has 0 atom stereocenters. The molecule has 2 N–H and O–H groups in total. The monoisotopic (exact) mass is 447 g/mol. The van der Waals surface area contributed by atoms with Gasteiger partial charge in [0.25, 0.3) is 0 Å². The Labute approximate surface area is 183 Å². The van der Waals surface area contributed by atoms with Crippen LogP contribution in [0.2, 0.25) is 0 Å². The maximum atomic E-state index is 13.0. The Kier molecular flexibility index (Phi) is 7.89. The molecule has 1 aliphatic rings. The number of carbonyl (C=O) groups excluding carboxylic acids is 1. The second-order valence-corrected chi connectivity index (χ2v) is 9.39. The summed E-state index contributed by atoms with van der Waals surface area (Å²) in [7, 11) is -3.66. The predicted octanol–water partition coefficient (Wildman–Crippen LogP) is 2.22. The van der Waals surface area contributed by atoms with E-state index in [0.29, 0.717) is 44.3 Å². The van der Waals surface area contributed by atoms with E-state index in [4.69, 9.17) is 9.47 Å². The van der Waals surface area contributed by atoms with Crippen LogP contribution in [0.15, 0.2) is 53.4 Å². The molecule has 31 heavy (non-hydrogen) atoms. The third kappa shape index (κ3) is 6.43. The van der Waals surface area contributed by atoms with Crippen LogP contribution in [0.5, 0.6) is 5.75 Å². The van der Waals surface area contributed by atoms with Crippen LogP contribution >= 0.6 is 0 Å². The molecule has 2 aromatic carbocycles. The van der Waals surface area contributed by atoms with Gasteiger partial charge in [-0.2, -0.15) is 4.31 Å². The number of nitrogens with zero attached hydrogens (tertiary/aromatic N) is 1. The number of benzene rings is 2. The van der Waals surface area contributed by atoms with Crippen molar-refractivity contribution >= 4 is 21.6 Å². The molecule has 8 nitrogen and oxygen atoms in total. The molecular formula is C22H29N3O5S. The molecule has 0 aromatic heterocycles. The van der Waals surface area contributed by atoms with Gasteiger partial charge < -0.3 is 20.1 Å². The minimum absolute atomic E-state index is 0.0116. The molecule has 1 saturated heterocycles. The summed E-state index contributed by atoms with van der Waals surface area (Å²) in [6.07, 6.45) is -0.103. The van der Waals surface area contributed by atoms with Crippen LogP contribution in [0.4, 0.5) is 5.69 Å². The minimum Gasteiger partial charge on any atom is -0.489 e. The molecule has 3 rings (SSSR count). The smallest absolute Gasteiger partial charge is 0.243 e. The largest absolute Gasteiger partial charge is 0.489 e. The molecule has 0 bridgehead atoms. The topological polar surface area (TPSA) is 97.0 Å².